The van der Waals surface area contributed by atoms with E-state index < -0.39 is 11.7 Å². The second-order valence-corrected chi connectivity index (χ2v) is 7.40. The Kier molecular flexibility index (Phi) is 5.29. The minimum atomic E-state index is -0.508. The number of likely N-dealkylation sites (tertiary alicyclic amines) is 1. The number of imide groups is 1. The molecule has 2 aliphatic rings. The summed E-state index contributed by atoms with van der Waals surface area (Å²) in [5.74, 6) is -0.284. The minimum Gasteiger partial charge on any atom is -0.444 e. The molecule has 7 heteroatoms. The van der Waals surface area contributed by atoms with E-state index in [2.05, 4.69) is 10.6 Å². The SMILES string of the molecule is CN1C(=O)CCC(NC2CCC(NC(=O)OC(C)(C)C)C2)C1=O. The van der Waals surface area contributed by atoms with Gasteiger partial charge >= 0.3 is 6.09 Å². The summed E-state index contributed by atoms with van der Waals surface area (Å²) in [6.07, 6.45) is 3.05. The van der Waals surface area contributed by atoms with Gasteiger partial charge in [0.25, 0.3) is 0 Å². The summed E-state index contributed by atoms with van der Waals surface area (Å²) in [5, 5.41) is 6.21. The zero-order chi connectivity index (χ0) is 17.2. The van der Waals surface area contributed by atoms with Gasteiger partial charge in [0.2, 0.25) is 11.8 Å². The first-order valence-corrected chi connectivity index (χ1v) is 8.21. The summed E-state index contributed by atoms with van der Waals surface area (Å²) in [6, 6.07) is -0.0751. The number of alkyl carbamates (subject to hydrolysis) is 1. The summed E-state index contributed by atoms with van der Waals surface area (Å²) in [6.45, 7) is 5.49. The van der Waals surface area contributed by atoms with Crippen molar-refractivity contribution in [1.82, 2.24) is 15.5 Å². The van der Waals surface area contributed by atoms with Crippen molar-refractivity contribution in [1.29, 1.82) is 0 Å². The molecule has 1 aliphatic heterocycles. The molecule has 0 aromatic heterocycles. The van der Waals surface area contributed by atoms with Crippen LogP contribution >= 0.6 is 0 Å². The van der Waals surface area contributed by atoms with Crippen molar-refractivity contribution >= 4 is 17.9 Å². The normalized spacial score (nSPS) is 28.9. The minimum absolute atomic E-state index is 0.0559. The standard InChI is InChI=1S/C16H27N3O4/c1-16(2,3)23-15(22)18-11-6-5-10(9-11)17-12-7-8-13(20)19(4)14(12)21/h10-12,17H,5-9H2,1-4H3,(H,18,22). The van der Waals surface area contributed by atoms with Gasteiger partial charge in [0.1, 0.15) is 5.60 Å². The van der Waals surface area contributed by atoms with E-state index in [1.807, 2.05) is 20.8 Å². The Balaban J connectivity index is 1.78. The number of nitrogens with zero attached hydrogens (tertiary/aromatic N) is 1. The number of ether oxygens (including phenoxy) is 1. The molecule has 0 spiro atoms. The lowest BCUT2D eigenvalue weighted by atomic mass is 10.0. The van der Waals surface area contributed by atoms with Gasteiger partial charge in [0.15, 0.2) is 0 Å². The first kappa shape index (κ1) is 17.7. The predicted molar refractivity (Wildman–Crippen MR) is 84.7 cm³/mol. The van der Waals surface area contributed by atoms with Gasteiger partial charge in [-0.1, -0.05) is 0 Å². The summed E-state index contributed by atoms with van der Waals surface area (Å²) in [5.41, 5.74) is -0.508. The maximum absolute atomic E-state index is 12.1. The average Bonchev–Trinajstić information content (AvgIpc) is 2.84. The zero-order valence-corrected chi connectivity index (χ0v) is 14.3. The molecule has 3 amide bonds. The van der Waals surface area contributed by atoms with Gasteiger partial charge in [0.05, 0.1) is 6.04 Å². The van der Waals surface area contributed by atoms with Crippen molar-refractivity contribution in [3.05, 3.63) is 0 Å². The van der Waals surface area contributed by atoms with Crippen molar-refractivity contribution in [2.75, 3.05) is 7.05 Å². The molecule has 1 saturated carbocycles. The lowest BCUT2D eigenvalue weighted by molar-refractivity contribution is -0.148. The molecule has 0 aromatic rings. The van der Waals surface area contributed by atoms with Crippen molar-refractivity contribution < 1.29 is 19.1 Å². The second-order valence-electron chi connectivity index (χ2n) is 7.40. The Hall–Kier alpha value is -1.63. The maximum Gasteiger partial charge on any atom is 0.407 e. The van der Waals surface area contributed by atoms with E-state index in [-0.39, 0.29) is 29.9 Å². The largest absolute Gasteiger partial charge is 0.444 e. The molecule has 2 N–H and O–H groups in total. The molecule has 7 nitrogen and oxygen atoms in total. The first-order valence-electron chi connectivity index (χ1n) is 8.21. The molecule has 3 unspecified atom stereocenters. The lowest BCUT2D eigenvalue weighted by Gasteiger charge is -2.30. The molecular weight excluding hydrogens is 298 g/mol. The Morgan fingerprint density at radius 3 is 2.48 bits per heavy atom. The van der Waals surface area contributed by atoms with Crippen molar-refractivity contribution in [2.45, 2.75) is 76.6 Å². The highest BCUT2D eigenvalue weighted by atomic mass is 16.6. The van der Waals surface area contributed by atoms with E-state index in [1.165, 1.54) is 11.9 Å². The Morgan fingerprint density at radius 1 is 1.17 bits per heavy atom. The van der Waals surface area contributed by atoms with E-state index in [9.17, 15) is 14.4 Å². The van der Waals surface area contributed by atoms with Gasteiger partial charge in [-0.2, -0.15) is 0 Å². The molecular formula is C16H27N3O4. The van der Waals surface area contributed by atoms with E-state index in [0.717, 1.165) is 19.3 Å². The number of carbonyl (C=O) groups is 3. The highest BCUT2D eigenvalue weighted by Gasteiger charge is 2.35. The molecule has 0 bridgehead atoms. The van der Waals surface area contributed by atoms with Crippen LogP contribution in [0.3, 0.4) is 0 Å². The number of nitrogens with one attached hydrogen (secondary N) is 2. The van der Waals surface area contributed by atoms with Crippen LogP contribution in [0.5, 0.6) is 0 Å². The van der Waals surface area contributed by atoms with Gasteiger partial charge in [-0.05, 0) is 46.5 Å². The maximum atomic E-state index is 12.1. The van der Waals surface area contributed by atoms with Crippen LogP contribution in [0, 0.1) is 0 Å². The van der Waals surface area contributed by atoms with Gasteiger partial charge in [-0.25, -0.2) is 4.79 Å². The number of piperidine rings is 1. The van der Waals surface area contributed by atoms with Crippen LogP contribution in [0.2, 0.25) is 0 Å². The van der Waals surface area contributed by atoms with Crippen molar-refractivity contribution in [3.63, 3.8) is 0 Å². The fraction of sp³-hybridized carbons (Fsp3) is 0.812. The molecule has 130 valence electrons. The topological polar surface area (TPSA) is 87.7 Å². The molecule has 1 heterocycles. The number of rotatable bonds is 3. The number of hydrogen-bond donors (Lipinski definition) is 2. The van der Waals surface area contributed by atoms with Crippen molar-refractivity contribution in [3.8, 4) is 0 Å². The number of likely N-dealkylation sites (N-methyl/N-ethyl adjacent to an activating group) is 1. The van der Waals surface area contributed by atoms with Crippen LogP contribution in [0.15, 0.2) is 0 Å². The number of carbonyl (C=O) groups excluding carboxylic acids is 3. The molecule has 23 heavy (non-hydrogen) atoms. The third-order valence-electron chi connectivity index (χ3n) is 4.24. The van der Waals surface area contributed by atoms with E-state index in [0.29, 0.717) is 12.8 Å². The summed E-state index contributed by atoms with van der Waals surface area (Å²) >= 11 is 0. The average molecular weight is 325 g/mol. The third kappa shape index (κ3) is 4.92. The van der Waals surface area contributed by atoms with Gasteiger partial charge < -0.3 is 15.4 Å². The monoisotopic (exact) mass is 325 g/mol. The molecule has 2 rings (SSSR count). The van der Waals surface area contributed by atoms with Crippen molar-refractivity contribution in [2.24, 2.45) is 0 Å². The van der Waals surface area contributed by atoms with Crippen LogP contribution in [0.1, 0.15) is 52.9 Å². The van der Waals surface area contributed by atoms with Gasteiger partial charge in [0, 0.05) is 25.6 Å². The Labute approximate surface area is 137 Å². The Bertz CT molecular complexity index is 486. The molecule has 3 atom stereocenters. The highest BCUT2D eigenvalue weighted by Crippen LogP contribution is 2.22. The fourth-order valence-corrected chi connectivity index (χ4v) is 3.09. The van der Waals surface area contributed by atoms with E-state index >= 15 is 0 Å². The smallest absolute Gasteiger partial charge is 0.407 e. The van der Waals surface area contributed by atoms with E-state index in [1.54, 1.807) is 0 Å². The van der Waals surface area contributed by atoms with Crippen LogP contribution in [-0.2, 0) is 14.3 Å². The van der Waals surface area contributed by atoms with Crippen LogP contribution in [0.25, 0.3) is 0 Å². The van der Waals surface area contributed by atoms with Crippen LogP contribution < -0.4 is 10.6 Å². The number of amides is 3. The second kappa shape index (κ2) is 6.86. The highest BCUT2D eigenvalue weighted by molar-refractivity contribution is 6.00. The number of hydrogen-bond acceptors (Lipinski definition) is 5. The fourth-order valence-electron chi connectivity index (χ4n) is 3.09. The summed E-state index contributed by atoms with van der Waals surface area (Å²) in [4.78, 5) is 36.6. The molecule has 0 aromatic carbocycles. The zero-order valence-electron chi connectivity index (χ0n) is 14.3. The van der Waals surface area contributed by atoms with E-state index in [4.69, 9.17) is 4.74 Å². The summed E-state index contributed by atoms with van der Waals surface area (Å²) < 4.78 is 5.26. The first-order chi connectivity index (χ1) is 10.7. The predicted octanol–water partition coefficient (Wildman–Crippen LogP) is 1.17. The van der Waals surface area contributed by atoms with Gasteiger partial charge in [-0.3, -0.25) is 14.5 Å². The molecule has 1 aliphatic carbocycles. The Morgan fingerprint density at radius 2 is 1.83 bits per heavy atom. The quantitative estimate of drug-likeness (QED) is 0.761. The molecule has 2 fully saturated rings. The van der Waals surface area contributed by atoms with Crippen LogP contribution in [0.4, 0.5) is 4.79 Å². The molecule has 1 saturated heterocycles. The van der Waals surface area contributed by atoms with Gasteiger partial charge in [-0.15, -0.1) is 0 Å². The molecule has 0 radical (unpaired) electrons. The lowest BCUT2D eigenvalue weighted by Crippen LogP contribution is -2.53. The summed E-state index contributed by atoms with van der Waals surface area (Å²) in [7, 11) is 1.53. The van der Waals surface area contributed by atoms with Crippen LogP contribution in [-0.4, -0.2) is 53.6 Å². The third-order valence-corrected chi connectivity index (χ3v) is 4.24.